The van der Waals surface area contributed by atoms with Crippen LogP contribution in [0.15, 0.2) is 146 Å². The summed E-state index contributed by atoms with van der Waals surface area (Å²) in [5.74, 6) is -0.952. The van der Waals surface area contributed by atoms with Gasteiger partial charge in [-0.25, -0.2) is 0 Å². The zero-order valence-corrected chi connectivity index (χ0v) is 53.9. The first kappa shape index (κ1) is 78.3. The summed E-state index contributed by atoms with van der Waals surface area (Å²) in [5, 5.41) is 0. The standard InChI is InChI=1S/C77H126O6/c1-4-7-10-13-16-19-22-25-28-30-31-32-33-34-35-36-37-38-39-40-41-42-43-44-45-47-49-52-55-58-61-64-67-70-76(79)82-73-74(72-81-75(78)69-66-63-60-57-54-51-48-27-24-21-18-15-12-9-6-3)83-77(80)71-68-65-62-59-56-53-50-46-29-26-23-20-17-14-11-8-5-2/h7,10,16,18-19,21,25,27-28,31-32,34-35,37-38,40-41,43-44,47-49,55,58,74H,4-6,8-9,11-15,17,20,22-24,26,29-30,33,36,39,42,45-46,50-54,56-57,59-73H2,1-3H3/b10-7-,19-16-,21-18-,28-25-,32-31-,35-34-,38-37-,41-40-,44-43-,48-27-,49-47-,58-55-. The molecule has 0 saturated carbocycles. The Labute approximate surface area is 512 Å². The number of unbranched alkanes of at least 4 members (excludes halogenated alkanes) is 26. The van der Waals surface area contributed by atoms with Crippen LogP contribution >= 0.6 is 0 Å². The van der Waals surface area contributed by atoms with Gasteiger partial charge in [0.15, 0.2) is 6.10 Å². The maximum atomic E-state index is 12.9. The van der Waals surface area contributed by atoms with Crippen molar-refractivity contribution in [1.82, 2.24) is 0 Å². The number of rotatable bonds is 61. The van der Waals surface area contributed by atoms with Gasteiger partial charge in [0, 0.05) is 19.3 Å². The van der Waals surface area contributed by atoms with E-state index in [0.29, 0.717) is 25.7 Å². The van der Waals surface area contributed by atoms with Gasteiger partial charge in [0.1, 0.15) is 13.2 Å². The lowest BCUT2D eigenvalue weighted by atomic mass is 10.0. The van der Waals surface area contributed by atoms with Gasteiger partial charge < -0.3 is 14.2 Å². The highest BCUT2D eigenvalue weighted by molar-refractivity contribution is 5.71. The van der Waals surface area contributed by atoms with Gasteiger partial charge in [-0.3, -0.25) is 14.4 Å². The van der Waals surface area contributed by atoms with Crippen LogP contribution in [-0.2, 0) is 28.6 Å². The van der Waals surface area contributed by atoms with Crippen LogP contribution in [0.5, 0.6) is 0 Å². The third-order valence-electron chi connectivity index (χ3n) is 14.3. The Hall–Kier alpha value is -4.71. The molecule has 470 valence electrons. The van der Waals surface area contributed by atoms with Crippen LogP contribution in [0.1, 0.15) is 303 Å². The summed E-state index contributed by atoms with van der Waals surface area (Å²) in [6, 6.07) is 0. The van der Waals surface area contributed by atoms with E-state index in [1.807, 2.05) is 0 Å². The molecule has 0 saturated heterocycles. The molecule has 1 atom stereocenters. The fourth-order valence-corrected chi connectivity index (χ4v) is 9.21. The summed E-state index contributed by atoms with van der Waals surface area (Å²) >= 11 is 0. The zero-order valence-electron chi connectivity index (χ0n) is 53.9. The molecule has 6 nitrogen and oxygen atoms in total. The highest BCUT2D eigenvalue weighted by Gasteiger charge is 2.19. The Bertz CT molecular complexity index is 1800. The predicted molar refractivity (Wildman–Crippen MR) is 362 cm³/mol. The average Bonchev–Trinajstić information content (AvgIpc) is 3.49. The molecule has 0 spiro atoms. The minimum Gasteiger partial charge on any atom is -0.462 e. The Morgan fingerprint density at radius 3 is 0.783 bits per heavy atom. The lowest BCUT2D eigenvalue weighted by Crippen LogP contribution is -2.30. The molecule has 1 unspecified atom stereocenters. The van der Waals surface area contributed by atoms with Crippen LogP contribution in [0, 0.1) is 0 Å². The molecule has 0 aliphatic heterocycles. The number of hydrogen-bond acceptors (Lipinski definition) is 6. The van der Waals surface area contributed by atoms with Gasteiger partial charge >= 0.3 is 17.9 Å². The first-order chi connectivity index (χ1) is 41.0. The Morgan fingerprint density at radius 2 is 0.470 bits per heavy atom. The third kappa shape index (κ3) is 68.0. The van der Waals surface area contributed by atoms with E-state index in [0.717, 1.165) is 141 Å². The summed E-state index contributed by atoms with van der Waals surface area (Å²) in [6.07, 6.45) is 100. The van der Waals surface area contributed by atoms with Crippen LogP contribution in [0.2, 0.25) is 0 Å². The van der Waals surface area contributed by atoms with E-state index in [1.165, 1.54) is 116 Å². The number of esters is 3. The summed E-state index contributed by atoms with van der Waals surface area (Å²) in [4.78, 5) is 38.4. The van der Waals surface area contributed by atoms with Crippen molar-refractivity contribution in [2.75, 3.05) is 13.2 Å². The molecule has 0 heterocycles. The molecule has 0 aliphatic carbocycles. The maximum absolute atomic E-state index is 12.9. The number of ether oxygens (including phenoxy) is 3. The lowest BCUT2D eigenvalue weighted by molar-refractivity contribution is -0.167. The smallest absolute Gasteiger partial charge is 0.306 e. The van der Waals surface area contributed by atoms with Crippen molar-refractivity contribution in [2.24, 2.45) is 0 Å². The molecule has 6 heteroatoms. The molecule has 0 aromatic rings. The number of carbonyl (C=O) groups is 3. The van der Waals surface area contributed by atoms with Gasteiger partial charge in [-0.2, -0.15) is 0 Å². The van der Waals surface area contributed by atoms with Crippen molar-refractivity contribution < 1.29 is 28.6 Å². The van der Waals surface area contributed by atoms with Crippen molar-refractivity contribution >= 4 is 17.9 Å². The van der Waals surface area contributed by atoms with E-state index in [9.17, 15) is 14.4 Å². The van der Waals surface area contributed by atoms with Crippen molar-refractivity contribution in [3.63, 3.8) is 0 Å². The molecule has 0 fully saturated rings. The van der Waals surface area contributed by atoms with Crippen molar-refractivity contribution in [2.45, 2.75) is 309 Å². The Kier molecular flexibility index (Phi) is 65.8. The lowest BCUT2D eigenvalue weighted by Gasteiger charge is -2.18. The quantitative estimate of drug-likeness (QED) is 0.0261. The van der Waals surface area contributed by atoms with E-state index in [-0.39, 0.29) is 31.1 Å². The topological polar surface area (TPSA) is 78.9 Å². The van der Waals surface area contributed by atoms with Crippen LogP contribution < -0.4 is 0 Å². The van der Waals surface area contributed by atoms with Crippen LogP contribution in [0.3, 0.4) is 0 Å². The molecule has 0 N–H and O–H groups in total. The fraction of sp³-hybridized carbons (Fsp3) is 0.649. The van der Waals surface area contributed by atoms with Crippen molar-refractivity contribution in [3.8, 4) is 0 Å². The monoisotopic (exact) mass is 1150 g/mol. The first-order valence-electron chi connectivity index (χ1n) is 34.3. The molecule has 0 aromatic carbocycles. The predicted octanol–water partition coefficient (Wildman–Crippen LogP) is 23.9. The fourth-order valence-electron chi connectivity index (χ4n) is 9.21. The average molecular weight is 1150 g/mol. The van der Waals surface area contributed by atoms with E-state index in [4.69, 9.17) is 14.2 Å². The third-order valence-corrected chi connectivity index (χ3v) is 14.3. The molecule has 0 aliphatic rings. The molecule has 0 rings (SSSR count). The second-order valence-electron chi connectivity index (χ2n) is 22.4. The minimum absolute atomic E-state index is 0.101. The van der Waals surface area contributed by atoms with Crippen molar-refractivity contribution in [1.29, 1.82) is 0 Å². The van der Waals surface area contributed by atoms with Crippen LogP contribution in [0.25, 0.3) is 0 Å². The maximum Gasteiger partial charge on any atom is 0.306 e. The largest absolute Gasteiger partial charge is 0.462 e. The molecular weight excluding hydrogens is 1020 g/mol. The van der Waals surface area contributed by atoms with Gasteiger partial charge in [-0.1, -0.05) is 301 Å². The molecule has 0 aromatic heterocycles. The van der Waals surface area contributed by atoms with Gasteiger partial charge in [0.05, 0.1) is 0 Å². The SMILES string of the molecule is CC/C=C\C/C=C\C/C=C\C/C=C\C/C=C\C/C=C\C/C=C\C/C=C\C/C=C\C/C=C\CCCCC(=O)OCC(COC(=O)CCCCCCC/C=C\C/C=C\CCCCC)OC(=O)CCCCCCCCCCCCCCCCCCC. The van der Waals surface area contributed by atoms with Gasteiger partial charge in [-0.05, 0) is 128 Å². The van der Waals surface area contributed by atoms with E-state index >= 15 is 0 Å². The minimum atomic E-state index is -0.807. The zero-order chi connectivity index (χ0) is 59.9. The highest BCUT2D eigenvalue weighted by atomic mass is 16.6. The van der Waals surface area contributed by atoms with Gasteiger partial charge in [0.2, 0.25) is 0 Å². The van der Waals surface area contributed by atoms with E-state index in [2.05, 4.69) is 167 Å². The normalized spacial score (nSPS) is 13.0. The molecule has 0 radical (unpaired) electrons. The summed E-state index contributed by atoms with van der Waals surface area (Å²) in [7, 11) is 0. The van der Waals surface area contributed by atoms with Gasteiger partial charge in [-0.15, -0.1) is 0 Å². The molecule has 83 heavy (non-hydrogen) atoms. The number of carbonyl (C=O) groups excluding carboxylic acids is 3. The number of allylic oxidation sites excluding steroid dienone is 24. The molecule has 0 bridgehead atoms. The Morgan fingerprint density at radius 1 is 0.253 bits per heavy atom. The van der Waals surface area contributed by atoms with Crippen LogP contribution in [0.4, 0.5) is 0 Å². The summed E-state index contributed by atoms with van der Waals surface area (Å²) in [6.45, 7) is 6.47. The highest BCUT2D eigenvalue weighted by Crippen LogP contribution is 2.16. The molecule has 0 amide bonds. The van der Waals surface area contributed by atoms with Crippen molar-refractivity contribution in [3.05, 3.63) is 146 Å². The summed E-state index contributed by atoms with van der Waals surface area (Å²) < 4.78 is 16.9. The second kappa shape index (κ2) is 69.8. The first-order valence-corrected chi connectivity index (χ1v) is 34.3. The van der Waals surface area contributed by atoms with Crippen LogP contribution in [-0.4, -0.2) is 37.2 Å². The molecular formula is C77H126O6. The van der Waals surface area contributed by atoms with Gasteiger partial charge in [0.25, 0.3) is 0 Å². The Balaban J connectivity index is 4.41. The van der Waals surface area contributed by atoms with E-state index in [1.54, 1.807) is 0 Å². The van der Waals surface area contributed by atoms with E-state index < -0.39 is 6.10 Å². The summed E-state index contributed by atoms with van der Waals surface area (Å²) in [5.41, 5.74) is 0. The second-order valence-corrected chi connectivity index (χ2v) is 22.4. The number of hydrogen-bond donors (Lipinski definition) is 0.